The van der Waals surface area contributed by atoms with Crippen LogP contribution in [0.3, 0.4) is 0 Å². The molecular formula is C28H29F3N4O4S. The molecule has 4 rings (SSSR count). The van der Waals surface area contributed by atoms with Crippen LogP contribution in [0.2, 0.25) is 0 Å². The number of thioether (sulfide) groups is 1. The van der Waals surface area contributed by atoms with E-state index in [1.807, 2.05) is 6.08 Å². The Morgan fingerprint density at radius 1 is 1.20 bits per heavy atom. The van der Waals surface area contributed by atoms with E-state index in [1.54, 1.807) is 25.2 Å². The number of amides is 1. The Morgan fingerprint density at radius 3 is 2.62 bits per heavy atom. The molecule has 1 aliphatic rings. The summed E-state index contributed by atoms with van der Waals surface area (Å²) >= 11 is 1.38. The van der Waals surface area contributed by atoms with Gasteiger partial charge in [0.15, 0.2) is 6.29 Å². The Kier molecular flexibility index (Phi) is 9.80. The van der Waals surface area contributed by atoms with Crippen LogP contribution in [0, 0.1) is 17.5 Å². The number of carbonyl (C=O) groups excluding carboxylic acids is 1. The molecule has 2 aromatic carbocycles. The van der Waals surface area contributed by atoms with Gasteiger partial charge >= 0.3 is 0 Å². The summed E-state index contributed by atoms with van der Waals surface area (Å²) in [5, 5.41) is 15.0. The van der Waals surface area contributed by atoms with Gasteiger partial charge in [0.1, 0.15) is 35.7 Å². The van der Waals surface area contributed by atoms with Crippen LogP contribution in [-0.2, 0) is 21.6 Å². The summed E-state index contributed by atoms with van der Waals surface area (Å²) in [6, 6.07) is 7.13. The Labute approximate surface area is 233 Å². The van der Waals surface area contributed by atoms with Crippen molar-refractivity contribution in [2.24, 2.45) is 5.73 Å². The first kappa shape index (κ1) is 29.5. The van der Waals surface area contributed by atoms with Crippen LogP contribution in [0.25, 0.3) is 6.08 Å². The lowest BCUT2D eigenvalue weighted by Gasteiger charge is -2.37. The van der Waals surface area contributed by atoms with E-state index in [0.717, 1.165) is 18.2 Å². The van der Waals surface area contributed by atoms with Crippen LogP contribution in [0.5, 0.6) is 0 Å². The maximum absolute atomic E-state index is 14.7. The molecule has 0 radical (unpaired) electrons. The molecule has 0 spiro atoms. The fourth-order valence-electron chi connectivity index (χ4n) is 4.22. The van der Waals surface area contributed by atoms with Crippen LogP contribution in [0.1, 0.15) is 34.8 Å². The second-order valence-electron chi connectivity index (χ2n) is 9.26. The third-order valence-corrected chi connectivity index (χ3v) is 7.86. The Balaban J connectivity index is 1.30. The molecule has 1 amide bonds. The third kappa shape index (κ3) is 7.39. The lowest BCUT2D eigenvalue weighted by Crippen LogP contribution is -2.44. The van der Waals surface area contributed by atoms with Gasteiger partial charge in [-0.05, 0) is 18.2 Å². The van der Waals surface area contributed by atoms with Gasteiger partial charge in [-0.2, -0.15) is 5.10 Å². The van der Waals surface area contributed by atoms with E-state index in [9.17, 15) is 23.1 Å². The van der Waals surface area contributed by atoms with Gasteiger partial charge in [-0.3, -0.25) is 4.79 Å². The molecule has 2 heterocycles. The summed E-state index contributed by atoms with van der Waals surface area (Å²) in [4.78, 5) is 15.0. The first-order valence-electron chi connectivity index (χ1n) is 12.5. The van der Waals surface area contributed by atoms with Crippen LogP contribution in [-0.4, -0.2) is 55.8 Å². The Bertz CT molecular complexity index is 1360. The average molecular weight is 575 g/mol. The first-order chi connectivity index (χ1) is 19.2. The van der Waals surface area contributed by atoms with E-state index in [0.29, 0.717) is 25.2 Å². The summed E-state index contributed by atoms with van der Waals surface area (Å²) in [6.45, 7) is 2.35. The largest absolute Gasteiger partial charge is 0.382 e. The number of nitrogens with zero attached hydrogens (tertiary/aromatic N) is 3. The van der Waals surface area contributed by atoms with Crippen molar-refractivity contribution in [1.29, 1.82) is 0 Å². The highest BCUT2D eigenvalue weighted by atomic mass is 32.2. The van der Waals surface area contributed by atoms with Gasteiger partial charge in [0.25, 0.3) is 0 Å². The molecule has 8 nitrogen and oxygen atoms in total. The molecule has 1 fully saturated rings. The summed E-state index contributed by atoms with van der Waals surface area (Å²) in [6.07, 6.45) is 9.49. The smallest absolute Gasteiger partial charge is 0.248 e. The van der Waals surface area contributed by atoms with E-state index in [-0.39, 0.29) is 22.9 Å². The number of hydrogen-bond donors (Lipinski definition) is 2. The number of allylic oxidation sites excluding steroid dienone is 2. The predicted octanol–water partition coefficient (Wildman–Crippen LogP) is 4.21. The van der Waals surface area contributed by atoms with Gasteiger partial charge in [0.2, 0.25) is 5.91 Å². The summed E-state index contributed by atoms with van der Waals surface area (Å²) in [7, 11) is 0. The third-order valence-electron chi connectivity index (χ3n) is 6.41. The summed E-state index contributed by atoms with van der Waals surface area (Å²) < 4.78 is 55.4. The molecule has 12 heteroatoms. The van der Waals surface area contributed by atoms with Crippen molar-refractivity contribution >= 4 is 23.7 Å². The average Bonchev–Trinajstić information content (AvgIpc) is 3.42. The zero-order chi connectivity index (χ0) is 28.7. The molecule has 40 heavy (non-hydrogen) atoms. The molecule has 1 saturated heterocycles. The van der Waals surface area contributed by atoms with Crippen LogP contribution in [0.4, 0.5) is 13.2 Å². The molecule has 3 aromatic rings. The van der Waals surface area contributed by atoms with Crippen molar-refractivity contribution in [2.45, 2.75) is 42.3 Å². The van der Waals surface area contributed by atoms with Crippen molar-refractivity contribution in [3.05, 3.63) is 101 Å². The molecule has 0 bridgehead atoms. The van der Waals surface area contributed by atoms with Gasteiger partial charge in [0, 0.05) is 34.4 Å². The highest BCUT2D eigenvalue weighted by Crippen LogP contribution is 2.38. The van der Waals surface area contributed by atoms with Gasteiger partial charge < -0.3 is 20.3 Å². The van der Waals surface area contributed by atoms with E-state index in [4.69, 9.17) is 15.2 Å². The SMILES string of the molecule is C[C@@H](SC1COC(C/C=C/C=C/c2ccc(C(N)=O)cc2F)OC1)[C@](O)(Cn1cncn1)c1ccc(F)cc1F. The summed E-state index contributed by atoms with van der Waals surface area (Å²) in [5.74, 6) is -2.83. The van der Waals surface area contributed by atoms with Crippen LogP contribution < -0.4 is 5.73 Å². The molecule has 1 aromatic heterocycles. The number of carbonyl (C=O) groups is 1. The topological polar surface area (TPSA) is 112 Å². The van der Waals surface area contributed by atoms with Gasteiger partial charge in [0.05, 0.1) is 25.0 Å². The second kappa shape index (κ2) is 13.3. The Hall–Kier alpha value is -3.45. The number of halogens is 3. The fourth-order valence-corrected chi connectivity index (χ4v) is 5.54. The monoisotopic (exact) mass is 574 g/mol. The number of primary amides is 1. The minimum Gasteiger partial charge on any atom is -0.382 e. The van der Waals surface area contributed by atoms with Gasteiger partial charge in [-0.25, -0.2) is 22.8 Å². The number of ether oxygens (including phenoxy) is 2. The van der Waals surface area contributed by atoms with Crippen LogP contribution in [0.15, 0.2) is 67.3 Å². The lowest BCUT2D eigenvalue weighted by molar-refractivity contribution is -0.172. The highest BCUT2D eigenvalue weighted by molar-refractivity contribution is 8.00. The predicted molar refractivity (Wildman–Crippen MR) is 145 cm³/mol. The number of benzene rings is 2. The number of hydrogen-bond acceptors (Lipinski definition) is 7. The van der Waals surface area contributed by atoms with Crippen molar-refractivity contribution < 1.29 is 32.5 Å². The zero-order valence-electron chi connectivity index (χ0n) is 21.6. The van der Waals surface area contributed by atoms with Crippen molar-refractivity contribution in [2.75, 3.05) is 13.2 Å². The number of rotatable bonds is 11. The standard InChI is InChI=1S/C28H29F3N4O4S/c1-18(28(37,15-35-17-33-16-34-35)23-10-9-21(29)12-25(23)31)40-22-13-38-26(39-14-22)6-4-2-3-5-19-7-8-20(27(32)36)11-24(19)30/h2-5,7-12,16-18,22,26,37H,6,13-15H2,1H3,(H2,32,36)/b4-2+,5-3+/t18-,22?,26?,28-/m1/s1. The molecule has 3 N–H and O–H groups in total. The molecule has 0 saturated carbocycles. The van der Waals surface area contributed by atoms with Crippen molar-refractivity contribution in [1.82, 2.24) is 14.8 Å². The highest BCUT2D eigenvalue weighted by Gasteiger charge is 2.41. The first-order valence-corrected chi connectivity index (χ1v) is 13.4. The second-order valence-corrected chi connectivity index (χ2v) is 10.9. The maximum Gasteiger partial charge on any atom is 0.248 e. The van der Waals surface area contributed by atoms with Crippen molar-refractivity contribution in [3.8, 4) is 0 Å². The number of aliphatic hydroxyl groups is 1. The minimum atomic E-state index is -1.72. The van der Waals surface area contributed by atoms with E-state index in [2.05, 4.69) is 10.1 Å². The molecule has 1 aliphatic heterocycles. The van der Waals surface area contributed by atoms with Crippen LogP contribution >= 0.6 is 11.8 Å². The minimum absolute atomic E-state index is 0.0400. The summed E-state index contributed by atoms with van der Waals surface area (Å²) in [5.41, 5.74) is 3.81. The van der Waals surface area contributed by atoms with E-state index in [1.165, 1.54) is 47.3 Å². The normalized spacial score (nSPS) is 20.1. The molecule has 0 unspecified atom stereocenters. The van der Waals surface area contributed by atoms with Crippen molar-refractivity contribution in [3.63, 3.8) is 0 Å². The molecule has 212 valence electrons. The van der Waals surface area contributed by atoms with E-state index < -0.39 is 40.5 Å². The number of aromatic nitrogens is 3. The lowest BCUT2D eigenvalue weighted by atomic mass is 9.90. The quantitative estimate of drug-likeness (QED) is 0.330. The maximum atomic E-state index is 14.7. The molecule has 0 aliphatic carbocycles. The Morgan fingerprint density at radius 2 is 1.98 bits per heavy atom. The van der Waals surface area contributed by atoms with Gasteiger partial charge in [-0.15, -0.1) is 11.8 Å². The van der Waals surface area contributed by atoms with E-state index >= 15 is 0 Å². The number of nitrogens with two attached hydrogens (primary N) is 1. The zero-order valence-corrected chi connectivity index (χ0v) is 22.4. The van der Waals surface area contributed by atoms with Gasteiger partial charge in [-0.1, -0.05) is 43.4 Å². The molecule has 2 atom stereocenters. The fraction of sp³-hybridized carbons (Fsp3) is 0.321. The molecular weight excluding hydrogens is 545 g/mol.